The lowest BCUT2D eigenvalue weighted by Crippen LogP contribution is -2.15. The van der Waals surface area contributed by atoms with E-state index in [-0.39, 0.29) is 10.8 Å². The van der Waals surface area contributed by atoms with Crippen molar-refractivity contribution in [3.8, 4) is 0 Å². The molecule has 0 saturated heterocycles. The molecule has 0 fully saturated rings. The largest absolute Gasteiger partial charge is 0.238 e. The third kappa shape index (κ3) is 2.83. The van der Waals surface area contributed by atoms with Gasteiger partial charge in [0.1, 0.15) is 0 Å². The summed E-state index contributed by atoms with van der Waals surface area (Å²) in [6.07, 6.45) is 0. The third-order valence-corrected chi connectivity index (χ3v) is 3.61. The van der Waals surface area contributed by atoms with Crippen LogP contribution >= 0.6 is 0 Å². The van der Waals surface area contributed by atoms with Crippen LogP contribution in [0, 0.1) is 0 Å². The van der Waals surface area contributed by atoms with Crippen molar-refractivity contribution in [3.05, 3.63) is 29.3 Å². The Hall–Kier alpha value is -0.870. The van der Waals surface area contributed by atoms with E-state index in [2.05, 4.69) is 13.8 Å². The van der Waals surface area contributed by atoms with Crippen molar-refractivity contribution in [2.45, 2.75) is 44.4 Å². The predicted molar refractivity (Wildman–Crippen MR) is 66.0 cm³/mol. The Morgan fingerprint density at radius 1 is 1.06 bits per heavy atom. The van der Waals surface area contributed by atoms with Crippen LogP contribution in [-0.2, 0) is 10.0 Å². The van der Waals surface area contributed by atoms with Gasteiger partial charge in [-0.05, 0) is 29.0 Å². The molecule has 0 aliphatic carbocycles. The highest BCUT2D eigenvalue weighted by Gasteiger charge is 2.17. The molecule has 2 N–H and O–H groups in total. The van der Waals surface area contributed by atoms with E-state index in [4.69, 9.17) is 5.14 Å². The summed E-state index contributed by atoms with van der Waals surface area (Å²) in [6, 6.07) is 5.38. The van der Waals surface area contributed by atoms with Crippen LogP contribution in [0.3, 0.4) is 0 Å². The van der Waals surface area contributed by atoms with E-state index in [0.29, 0.717) is 5.92 Å². The van der Waals surface area contributed by atoms with E-state index >= 15 is 0 Å². The second-order valence-electron chi connectivity index (χ2n) is 4.65. The Morgan fingerprint density at radius 2 is 1.62 bits per heavy atom. The van der Waals surface area contributed by atoms with Crippen LogP contribution in [0.2, 0.25) is 0 Å². The number of hydrogen-bond donors (Lipinski definition) is 1. The van der Waals surface area contributed by atoms with E-state index in [0.717, 1.165) is 11.1 Å². The average molecular weight is 241 g/mol. The van der Waals surface area contributed by atoms with Crippen LogP contribution in [0.4, 0.5) is 0 Å². The van der Waals surface area contributed by atoms with Crippen molar-refractivity contribution in [2.75, 3.05) is 0 Å². The fourth-order valence-electron chi connectivity index (χ4n) is 1.64. The number of sulfonamides is 1. The van der Waals surface area contributed by atoms with Crippen LogP contribution in [0.15, 0.2) is 23.1 Å². The van der Waals surface area contributed by atoms with Crippen LogP contribution in [0.1, 0.15) is 50.7 Å². The number of rotatable bonds is 3. The van der Waals surface area contributed by atoms with Gasteiger partial charge in [0, 0.05) is 0 Å². The van der Waals surface area contributed by atoms with Gasteiger partial charge in [-0.3, -0.25) is 0 Å². The zero-order chi connectivity index (χ0) is 12.5. The molecule has 4 heteroatoms. The first-order chi connectivity index (χ1) is 7.23. The third-order valence-electron chi connectivity index (χ3n) is 2.63. The van der Waals surface area contributed by atoms with Crippen LogP contribution in [-0.4, -0.2) is 8.42 Å². The summed E-state index contributed by atoms with van der Waals surface area (Å²) in [7, 11) is -3.62. The SMILES string of the molecule is CC(C)c1ccc(S(N)(=O)=O)c(C(C)C)c1. The van der Waals surface area contributed by atoms with Gasteiger partial charge in [0.05, 0.1) is 4.90 Å². The molecular formula is C12H19NO2S. The van der Waals surface area contributed by atoms with Crippen molar-refractivity contribution < 1.29 is 8.42 Å². The molecule has 0 heterocycles. The Labute approximate surface area is 97.7 Å². The maximum absolute atomic E-state index is 11.4. The molecule has 0 aliphatic rings. The summed E-state index contributed by atoms with van der Waals surface area (Å²) < 4.78 is 22.8. The minimum absolute atomic E-state index is 0.145. The monoisotopic (exact) mass is 241 g/mol. The Morgan fingerprint density at radius 3 is 2.00 bits per heavy atom. The summed E-state index contributed by atoms with van der Waals surface area (Å²) in [5.74, 6) is 0.527. The highest BCUT2D eigenvalue weighted by atomic mass is 32.2. The van der Waals surface area contributed by atoms with Gasteiger partial charge in [-0.25, -0.2) is 13.6 Å². The molecule has 90 valence electrons. The zero-order valence-corrected chi connectivity index (χ0v) is 11.0. The molecule has 0 aromatic heterocycles. The fraction of sp³-hybridized carbons (Fsp3) is 0.500. The number of hydrogen-bond acceptors (Lipinski definition) is 2. The quantitative estimate of drug-likeness (QED) is 0.884. The maximum atomic E-state index is 11.4. The van der Waals surface area contributed by atoms with Gasteiger partial charge < -0.3 is 0 Å². The van der Waals surface area contributed by atoms with Gasteiger partial charge >= 0.3 is 0 Å². The minimum Gasteiger partial charge on any atom is -0.225 e. The van der Waals surface area contributed by atoms with Crippen molar-refractivity contribution >= 4 is 10.0 Å². The topological polar surface area (TPSA) is 60.2 Å². The summed E-state index contributed by atoms with van der Waals surface area (Å²) >= 11 is 0. The van der Waals surface area contributed by atoms with E-state index in [1.54, 1.807) is 6.07 Å². The molecule has 0 atom stereocenters. The van der Waals surface area contributed by atoms with E-state index in [1.165, 1.54) is 0 Å². The normalized spacial score (nSPS) is 12.4. The highest BCUT2D eigenvalue weighted by Crippen LogP contribution is 2.27. The van der Waals surface area contributed by atoms with Gasteiger partial charge in [-0.1, -0.05) is 39.8 Å². The van der Waals surface area contributed by atoms with Crippen molar-refractivity contribution in [3.63, 3.8) is 0 Å². The Balaban J connectivity index is 3.43. The summed E-state index contributed by atoms with van der Waals surface area (Å²) in [5, 5.41) is 5.19. The molecule has 3 nitrogen and oxygen atoms in total. The lowest BCUT2D eigenvalue weighted by molar-refractivity contribution is 0.595. The van der Waals surface area contributed by atoms with Crippen molar-refractivity contribution in [2.24, 2.45) is 5.14 Å². The van der Waals surface area contributed by atoms with E-state index in [9.17, 15) is 8.42 Å². The van der Waals surface area contributed by atoms with Crippen molar-refractivity contribution in [1.82, 2.24) is 0 Å². The molecule has 1 aromatic rings. The standard InChI is InChI=1S/C12H19NO2S/c1-8(2)10-5-6-12(16(13,14)15)11(7-10)9(3)4/h5-9H,1-4H3,(H2,13,14,15). The molecular weight excluding hydrogens is 222 g/mol. The molecule has 0 aliphatic heterocycles. The van der Waals surface area contributed by atoms with E-state index < -0.39 is 10.0 Å². The minimum atomic E-state index is -3.62. The summed E-state index contributed by atoms with van der Waals surface area (Å²) in [4.78, 5) is 0.243. The molecule has 0 bridgehead atoms. The molecule has 0 saturated carbocycles. The molecule has 1 aromatic carbocycles. The second-order valence-corrected chi connectivity index (χ2v) is 6.18. The Bertz CT molecular complexity index is 476. The molecule has 0 amide bonds. The summed E-state index contributed by atoms with van der Waals surface area (Å²) in [6.45, 7) is 8.09. The average Bonchev–Trinajstić information content (AvgIpc) is 2.15. The van der Waals surface area contributed by atoms with Gasteiger partial charge in [0.25, 0.3) is 0 Å². The number of primary sulfonamides is 1. The first-order valence-corrected chi connectivity index (χ1v) is 6.94. The van der Waals surface area contributed by atoms with Gasteiger partial charge in [0.15, 0.2) is 0 Å². The van der Waals surface area contributed by atoms with Gasteiger partial charge in [-0.15, -0.1) is 0 Å². The lowest BCUT2D eigenvalue weighted by atomic mass is 9.96. The molecule has 0 radical (unpaired) electrons. The smallest absolute Gasteiger partial charge is 0.225 e. The van der Waals surface area contributed by atoms with Crippen LogP contribution in [0.5, 0.6) is 0 Å². The zero-order valence-electron chi connectivity index (χ0n) is 10.2. The number of benzene rings is 1. The fourth-order valence-corrected chi connectivity index (χ4v) is 2.52. The molecule has 0 spiro atoms. The molecule has 1 rings (SSSR count). The van der Waals surface area contributed by atoms with Gasteiger partial charge in [-0.2, -0.15) is 0 Å². The summed E-state index contributed by atoms with van der Waals surface area (Å²) in [5.41, 5.74) is 1.94. The van der Waals surface area contributed by atoms with Crippen LogP contribution in [0.25, 0.3) is 0 Å². The predicted octanol–water partition coefficient (Wildman–Crippen LogP) is 2.58. The lowest BCUT2D eigenvalue weighted by Gasteiger charge is -2.14. The number of nitrogens with two attached hydrogens (primary N) is 1. The van der Waals surface area contributed by atoms with Gasteiger partial charge in [0.2, 0.25) is 10.0 Å². The molecule has 16 heavy (non-hydrogen) atoms. The van der Waals surface area contributed by atoms with Crippen molar-refractivity contribution in [1.29, 1.82) is 0 Å². The Kier molecular flexibility index (Phi) is 3.76. The first-order valence-electron chi connectivity index (χ1n) is 5.40. The maximum Gasteiger partial charge on any atom is 0.238 e. The second kappa shape index (κ2) is 4.55. The van der Waals surface area contributed by atoms with E-state index in [1.807, 2.05) is 26.0 Å². The van der Waals surface area contributed by atoms with Crippen LogP contribution < -0.4 is 5.14 Å². The molecule has 0 unspecified atom stereocenters. The first kappa shape index (κ1) is 13.2. The highest BCUT2D eigenvalue weighted by molar-refractivity contribution is 7.89.